The van der Waals surface area contributed by atoms with Gasteiger partial charge in [-0.3, -0.25) is 9.69 Å². The van der Waals surface area contributed by atoms with E-state index in [1.165, 1.54) is 5.56 Å². The lowest BCUT2D eigenvalue weighted by molar-refractivity contribution is 0.0342. The molecule has 3 heterocycles. The van der Waals surface area contributed by atoms with E-state index in [1.54, 1.807) is 6.07 Å². The third-order valence-electron chi connectivity index (χ3n) is 4.40. The summed E-state index contributed by atoms with van der Waals surface area (Å²) in [5.41, 5.74) is 4.52. The van der Waals surface area contributed by atoms with Crippen molar-refractivity contribution in [2.45, 2.75) is 6.54 Å². The third-order valence-corrected chi connectivity index (χ3v) is 4.40. The highest BCUT2D eigenvalue weighted by atomic mass is 16.5. The molecule has 2 aromatic heterocycles. The molecule has 0 atom stereocenters. The number of ether oxygens (including phenoxy) is 1. The van der Waals surface area contributed by atoms with E-state index in [0.717, 1.165) is 50.4 Å². The van der Waals surface area contributed by atoms with Gasteiger partial charge in [0.15, 0.2) is 6.29 Å². The number of aromatic nitrogens is 2. The molecule has 1 aromatic carbocycles. The first-order valence-corrected chi connectivity index (χ1v) is 8.16. The molecular weight excluding hydrogens is 302 g/mol. The first-order valence-electron chi connectivity index (χ1n) is 8.16. The van der Waals surface area contributed by atoms with E-state index in [-0.39, 0.29) is 0 Å². The second-order valence-electron chi connectivity index (χ2n) is 6.02. The summed E-state index contributed by atoms with van der Waals surface area (Å²) in [5, 5.41) is 0. The standard InChI is InChI=1S/C19H19N3O2/c23-14-17-2-1-7-22-13-18(20-19(17)22)16-5-3-15(4-6-16)12-21-8-10-24-11-9-21/h1-7,13-14H,8-12H2. The normalized spacial score (nSPS) is 15.7. The van der Waals surface area contributed by atoms with Crippen molar-refractivity contribution in [2.75, 3.05) is 26.3 Å². The summed E-state index contributed by atoms with van der Waals surface area (Å²) in [5.74, 6) is 0. The van der Waals surface area contributed by atoms with E-state index in [2.05, 4.69) is 34.1 Å². The van der Waals surface area contributed by atoms with Crippen LogP contribution in [0.3, 0.4) is 0 Å². The Balaban J connectivity index is 1.57. The number of hydrogen-bond acceptors (Lipinski definition) is 4. The number of fused-ring (bicyclic) bond motifs is 1. The molecule has 1 fully saturated rings. The maximum absolute atomic E-state index is 11.1. The fraction of sp³-hybridized carbons (Fsp3) is 0.263. The smallest absolute Gasteiger partial charge is 0.153 e. The monoisotopic (exact) mass is 321 g/mol. The van der Waals surface area contributed by atoms with Crippen molar-refractivity contribution in [3.63, 3.8) is 0 Å². The van der Waals surface area contributed by atoms with Crippen molar-refractivity contribution in [3.05, 3.63) is 59.9 Å². The molecule has 0 radical (unpaired) electrons. The predicted molar refractivity (Wildman–Crippen MR) is 92.1 cm³/mol. The molecule has 122 valence electrons. The Bertz CT molecular complexity index is 849. The average Bonchev–Trinajstić information content (AvgIpc) is 3.07. The van der Waals surface area contributed by atoms with Gasteiger partial charge in [-0.25, -0.2) is 4.98 Å². The van der Waals surface area contributed by atoms with Crippen LogP contribution in [0, 0.1) is 0 Å². The molecule has 1 saturated heterocycles. The highest BCUT2D eigenvalue weighted by molar-refractivity contribution is 5.85. The Hall–Kier alpha value is -2.50. The van der Waals surface area contributed by atoms with Crippen LogP contribution < -0.4 is 0 Å². The van der Waals surface area contributed by atoms with Gasteiger partial charge in [-0.05, 0) is 17.7 Å². The minimum absolute atomic E-state index is 0.604. The SMILES string of the molecule is O=Cc1cccn2cc(-c3ccc(CN4CCOCC4)cc3)nc12. The Labute approximate surface area is 140 Å². The van der Waals surface area contributed by atoms with Crippen molar-refractivity contribution in [1.29, 1.82) is 0 Å². The van der Waals surface area contributed by atoms with Gasteiger partial charge >= 0.3 is 0 Å². The molecule has 0 saturated carbocycles. The molecule has 0 aliphatic carbocycles. The van der Waals surface area contributed by atoms with E-state index < -0.39 is 0 Å². The Morgan fingerprint density at radius 3 is 2.67 bits per heavy atom. The lowest BCUT2D eigenvalue weighted by Crippen LogP contribution is -2.35. The first-order chi connectivity index (χ1) is 11.8. The molecule has 0 spiro atoms. The van der Waals surface area contributed by atoms with Gasteiger partial charge in [-0.2, -0.15) is 0 Å². The van der Waals surface area contributed by atoms with E-state index in [9.17, 15) is 4.79 Å². The summed E-state index contributed by atoms with van der Waals surface area (Å²) in [6, 6.07) is 12.1. The van der Waals surface area contributed by atoms with Gasteiger partial charge < -0.3 is 9.14 Å². The van der Waals surface area contributed by atoms with Gasteiger partial charge in [0.25, 0.3) is 0 Å². The fourth-order valence-corrected chi connectivity index (χ4v) is 3.06. The molecular formula is C19H19N3O2. The second-order valence-corrected chi connectivity index (χ2v) is 6.02. The maximum Gasteiger partial charge on any atom is 0.153 e. The van der Waals surface area contributed by atoms with Gasteiger partial charge in [-0.15, -0.1) is 0 Å². The highest BCUT2D eigenvalue weighted by Crippen LogP contribution is 2.21. The largest absolute Gasteiger partial charge is 0.379 e. The molecule has 0 N–H and O–H groups in total. The van der Waals surface area contributed by atoms with Gasteiger partial charge in [0.1, 0.15) is 5.65 Å². The maximum atomic E-state index is 11.1. The number of pyridine rings is 1. The minimum atomic E-state index is 0.604. The number of benzene rings is 1. The van der Waals surface area contributed by atoms with Crippen LogP contribution in [-0.2, 0) is 11.3 Å². The number of imidazole rings is 1. The summed E-state index contributed by atoms with van der Waals surface area (Å²) in [6.07, 6.45) is 4.71. The van der Waals surface area contributed by atoms with Crippen LogP contribution in [0.1, 0.15) is 15.9 Å². The lowest BCUT2D eigenvalue weighted by Gasteiger charge is -2.26. The lowest BCUT2D eigenvalue weighted by atomic mass is 10.1. The molecule has 1 aliphatic rings. The quantitative estimate of drug-likeness (QED) is 0.693. The van der Waals surface area contributed by atoms with E-state index in [0.29, 0.717) is 11.2 Å². The van der Waals surface area contributed by atoms with Crippen LogP contribution >= 0.6 is 0 Å². The Morgan fingerprint density at radius 1 is 1.12 bits per heavy atom. The summed E-state index contributed by atoms with van der Waals surface area (Å²) in [4.78, 5) is 18.1. The second kappa shape index (κ2) is 6.55. The molecule has 0 bridgehead atoms. The van der Waals surface area contributed by atoms with Crippen molar-refractivity contribution in [1.82, 2.24) is 14.3 Å². The zero-order valence-corrected chi connectivity index (χ0v) is 13.4. The van der Waals surface area contributed by atoms with Crippen molar-refractivity contribution < 1.29 is 9.53 Å². The Morgan fingerprint density at radius 2 is 1.92 bits per heavy atom. The zero-order chi connectivity index (χ0) is 16.4. The van der Waals surface area contributed by atoms with Gasteiger partial charge in [0, 0.05) is 37.6 Å². The van der Waals surface area contributed by atoms with Gasteiger partial charge in [-0.1, -0.05) is 24.3 Å². The summed E-state index contributed by atoms with van der Waals surface area (Å²) >= 11 is 0. The van der Waals surface area contributed by atoms with Crippen LogP contribution in [0.2, 0.25) is 0 Å². The Kier molecular flexibility index (Phi) is 4.11. The molecule has 0 unspecified atom stereocenters. The van der Waals surface area contributed by atoms with E-state index in [4.69, 9.17) is 4.74 Å². The topological polar surface area (TPSA) is 46.8 Å². The molecule has 4 rings (SSSR count). The third kappa shape index (κ3) is 2.96. The van der Waals surface area contributed by atoms with Gasteiger partial charge in [0.2, 0.25) is 0 Å². The average molecular weight is 321 g/mol. The number of carbonyl (C=O) groups excluding carboxylic acids is 1. The summed E-state index contributed by atoms with van der Waals surface area (Å²) in [6.45, 7) is 4.56. The van der Waals surface area contributed by atoms with Crippen LogP contribution in [0.4, 0.5) is 0 Å². The fourth-order valence-electron chi connectivity index (χ4n) is 3.06. The van der Waals surface area contributed by atoms with Crippen molar-refractivity contribution >= 4 is 11.9 Å². The van der Waals surface area contributed by atoms with Crippen molar-refractivity contribution in [2.24, 2.45) is 0 Å². The number of rotatable bonds is 4. The molecule has 24 heavy (non-hydrogen) atoms. The number of morpholine rings is 1. The number of hydrogen-bond donors (Lipinski definition) is 0. The molecule has 5 heteroatoms. The molecule has 1 aliphatic heterocycles. The summed E-state index contributed by atoms with van der Waals surface area (Å²) < 4.78 is 7.27. The summed E-state index contributed by atoms with van der Waals surface area (Å²) in [7, 11) is 0. The number of aldehydes is 1. The first kappa shape index (κ1) is 15.1. The molecule has 3 aromatic rings. The van der Waals surface area contributed by atoms with Crippen LogP contribution in [-0.4, -0.2) is 46.9 Å². The predicted octanol–water partition coefficient (Wildman–Crippen LogP) is 2.65. The van der Waals surface area contributed by atoms with Crippen molar-refractivity contribution in [3.8, 4) is 11.3 Å². The van der Waals surface area contributed by atoms with Crippen LogP contribution in [0.5, 0.6) is 0 Å². The highest BCUT2D eigenvalue weighted by Gasteiger charge is 2.11. The van der Waals surface area contributed by atoms with Crippen LogP contribution in [0.15, 0.2) is 48.8 Å². The number of nitrogens with zero attached hydrogens (tertiary/aromatic N) is 3. The van der Waals surface area contributed by atoms with E-state index in [1.807, 2.05) is 22.9 Å². The molecule has 5 nitrogen and oxygen atoms in total. The minimum Gasteiger partial charge on any atom is -0.379 e. The zero-order valence-electron chi connectivity index (χ0n) is 13.4. The van der Waals surface area contributed by atoms with Gasteiger partial charge in [0.05, 0.1) is 24.5 Å². The van der Waals surface area contributed by atoms with E-state index >= 15 is 0 Å². The van der Waals surface area contributed by atoms with Crippen LogP contribution in [0.25, 0.3) is 16.9 Å². The molecule has 0 amide bonds. The number of carbonyl (C=O) groups is 1.